The Labute approximate surface area is 175 Å². The summed E-state index contributed by atoms with van der Waals surface area (Å²) in [6.45, 7) is 0. The molecule has 0 aliphatic carbocycles. The second kappa shape index (κ2) is 8.18. The molecule has 4 aromatic rings. The molecule has 0 radical (unpaired) electrons. The minimum Gasteiger partial charge on any atom is -0.464 e. The van der Waals surface area contributed by atoms with Gasteiger partial charge in [-0.15, -0.1) is 11.3 Å². The Kier molecular flexibility index (Phi) is 5.47. The number of esters is 1. The van der Waals surface area contributed by atoms with E-state index in [2.05, 4.69) is 4.98 Å². The molecule has 0 aliphatic rings. The standard InChI is InChI=1S/C20H14ClN3O2S2/c1-26-20(25)16-12-27-19(22-16)18-17(28-15-9-7-13(21)8-10-15)11-24(23-18)14-5-3-2-4-6-14/h2-12H,1H3. The van der Waals surface area contributed by atoms with E-state index in [4.69, 9.17) is 21.4 Å². The summed E-state index contributed by atoms with van der Waals surface area (Å²) in [5.41, 5.74) is 1.93. The van der Waals surface area contributed by atoms with Crippen molar-refractivity contribution in [1.29, 1.82) is 0 Å². The van der Waals surface area contributed by atoms with E-state index in [1.165, 1.54) is 18.4 Å². The molecular formula is C20H14ClN3O2S2. The second-order valence-electron chi connectivity index (χ2n) is 5.71. The predicted octanol–water partition coefficient (Wildman–Crippen LogP) is 5.59. The third-order valence-corrected chi connectivity index (χ3v) is 5.97. The molecule has 0 unspecified atom stereocenters. The minimum atomic E-state index is -0.461. The van der Waals surface area contributed by atoms with Crippen LogP contribution >= 0.6 is 34.7 Å². The average Bonchev–Trinajstić information content (AvgIpc) is 3.37. The van der Waals surface area contributed by atoms with E-state index < -0.39 is 5.97 Å². The van der Waals surface area contributed by atoms with E-state index in [1.807, 2.05) is 65.5 Å². The van der Waals surface area contributed by atoms with E-state index in [0.29, 0.717) is 15.7 Å². The Morgan fingerprint density at radius 1 is 1.14 bits per heavy atom. The van der Waals surface area contributed by atoms with E-state index in [-0.39, 0.29) is 5.69 Å². The van der Waals surface area contributed by atoms with E-state index in [0.717, 1.165) is 15.5 Å². The van der Waals surface area contributed by atoms with Crippen LogP contribution in [-0.2, 0) is 4.74 Å². The number of hydrogen-bond acceptors (Lipinski definition) is 6. The Bertz CT molecular complexity index is 1110. The van der Waals surface area contributed by atoms with Crippen LogP contribution in [-0.4, -0.2) is 27.8 Å². The number of methoxy groups -OCH3 is 1. The largest absolute Gasteiger partial charge is 0.464 e. The summed E-state index contributed by atoms with van der Waals surface area (Å²) in [4.78, 5) is 18.1. The van der Waals surface area contributed by atoms with Crippen LogP contribution in [0.5, 0.6) is 0 Å². The summed E-state index contributed by atoms with van der Waals surface area (Å²) in [6.07, 6.45) is 1.96. The van der Waals surface area contributed by atoms with Crippen molar-refractivity contribution in [2.45, 2.75) is 9.79 Å². The smallest absolute Gasteiger partial charge is 0.357 e. The second-order valence-corrected chi connectivity index (χ2v) is 8.12. The van der Waals surface area contributed by atoms with Crippen molar-refractivity contribution < 1.29 is 9.53 Å². The summed E-state index contributed by atoms with van der Waals surface area (Å²) in [6, 6.07) is 17.5. The zero-order chi connectivity index (χ0) is 19.5. The van der Waals surface area contributed by atoms with Gasteiger partial charge in [0.2, 0.25) is 0 Å². The van der Waals surface area contributed by atoms with E-state index in [9.17, 15) is 4.79 Å². The molecule has 5 nitrogen and oxygen atoms in total. The van der Waals surface area contributed by atoms with Crippen LogP contribution in [0.4, 0.5) is 0 Å². The fourth-order valence-corrected chi connectivity index (χ4v) is 4.39. The first-order valence-electron chi connectivity index (χ1n) is 8.27. The van der Waals surface area contributed by atoms with Crippen molar-refractivity contribution in [2.24, 2.45) is 0 Å². The molecule has 0 fully saturated rings. The van der Waals surface area contributed by atoms with Crippen molar-refractivity contribution in [2.75, 3.05) is 7.11 Å². The summed E-state index contributed by atoms with van der Waals surface area (Å²) in [7, 11) is 1.34. The summed E-state index contributed by atoms with van der Waals surface area (Å²) in [5.74, 6) is -0.461. The molecule has 0 saturated heterocycles. The molecular weight excluding hydrogens is 414 g/mol. The monoisotopic (exact) mass is 427 g/mol. The molecule has 28 heavy (non-hydrogen) atoms. The van der Waals surface area contributed by atoms with Gasteiger partial charge in [0, 0.05) is 21.5 Å². The molecule has 0 spiro atoms. The van der Waals surface area contributed by atoms with Crippen molar-refractivity contribution in [3.05, 3.63) is 76.9 Å². The van der Waals surface area contributed by atoms with Gasteiger partial charge in [0.15, 0.2) is 5.69 Å². The number of benzene rings is 2. The van der Waals surface area contributed by atoms with Gasteiger partial charge in [0.1, 0.15) is 10.7 Å². The lowest BCUT2D eigenvalue weighted by atomic mass is 10.3. The van der Waals surface area contributed by atoms with Crippen LogP contribution < -0.4 is 0 Å². The van der Waals surface area contributed by atoms with Gasteiger partial charge in [0.25, 0.3) is 0 Å². The van der Waals surface area contributed by atoms with Crippen molar-refractivity contribution in [3.8, 4) is 16.4 Å². The number of nitrogens with zero attached hydrogens (tertiary/aromatic N) is 3. The maximum Gasteiger partial charge on any atom is 0.357 e. The fraction of sp³-hybridized carbons (Fsp3) is 0.0500. The number of para-hydroxylation sites is 1. The molecule has 0 saturated carbocycles. The number of aromatic nitrogens is 3. The Balaban J connectivity index is 1.76. The quantitative estimate of drug-likeness (QED) is 0.389. The number of ether oxygens (including phenoxy) is 1. The lowest BCUT2D eigenvalue weighted by molar-refractivity contribution is 0.0595. The van der Waals surface area contributed by atoms with Gasteiger partial charge in [-0.25, -0.2) is 14.5 Å². The fourth-order valence-electron chi connectivity index (χ4n) is 2.50. The van der Waals surface area contributed by atoms with Crippen LogP contribution in [0.15, 0.2) is 76.0 Å². The minimum absolute atomic E-state index is 0.277. The highest BCUT2D eigenvalue weighted by Gasteiger charge is 2.19. The van der Waals surface area contributed by atoms with Gasteiger partial charge in [-0.1, -0.05) is 41.6 Å². The number of carbonyl (C=O) groups excluding carboxylic acids is 1. The maximum absolute atomic E-state index is 11.8. The Morgan fingerprint density at radius 3 is 2.61 bits per heavy atom. The highest BCUT2D eigenvalue weighted by Crippen LogP contribution is 2.37. The van der Waals surface area contributed by atoms with Gasteiger partial charge < -0.3 is 4.74 Å². The number of halogens is 1. The molecule has 8 heteroatoms. The summed E-state index contributed by atoms with van der Waals surface area (Å²) >= 11 is 8.92. The molecule has 2 heterocycles. The first-order valence-corrected chi connectivity index (χ1v) is 10.3. The van der Waals surface area contributed by atoms with Gasteiger partial charge in [0.05, 0.1) is 17.7 Å². The lowest BCUT2D eigenvalue weighted by Crippen LogP contribution is -2.01. The van der Waals surface area contributed by atoms with Crippen LogP contribution in [0.3, 0.4) is 0 Å². The Morgan fingerprint density at radius 2 is 1.89 bits per heavy atom. The van der Waals surface area contributed by atoms with E-state index >= 15 is 0 Å². The topological polar surface area (TPSA) is 57.0 Å². The molecule has 0 aliphatic heterocycles. The average molecular weight is 428 g/mol. The zero-order valence-corrected chi connectivity index (χ0v) is 17.1. The van der Waals surface area contributed by atoms with Crippen LogP contribution in [0, 0.1) is 0 Å². The zero-order valence-electron chi connectivity index (χ0n) is 14.7. The predicted molar refractivity (Wildman–Crippen MR) is 112 cm³/mol. The highest BCUT2D eigenvalue weighted by molar-refractivity contribution is 7.99. The molecule has 140 valence electrons. The maximum atomic E-state index is 11.8. The first-order chi connectivity index (χ1) is 13.6. The molecule has 0 atom stereocenters. The van der Waals surface area contributed by atoms with Gasteiger partial charge in [-0.2, -0.15) is 5.10 Å². The van der Waals surface area contributed by atoms with Crippen molar-refractivity contribution in [1.82, 2.24) is 14.8 Å². The number of thiazole rings is 1. The van der Waals surface area contributed by atoms with Crippen molar-refractivity contribution >= 4 is 40.7 Å². The lowest BCUT2D eigenvalue weighted by Gasteiger charge is -2.00. The van der Waals surface area contributed by atoms with Crippen molar-refractivity contribution in [3.63, 3.8) is 0 Å². The summed E-state index contributed by atoms with van der Waals surface area (Å²) in [5, 5.41) is 7.75. The van der Waals surface area contributed by atoms with Crippen LogP contribution in [0.2, 0.25) is 5.02 Å². The van der Waals surface area contributed by atoms with Crippen LogP contribution in [0.1, 0.15) is 10.5 Å². The SMILES string of the molecule is COC(=O)c1csc(-c2nn(-c3ccccc3)cc2Sc2ccc(Cl)cc2)n1. The molecule has 0 N–H and O–H groups in total. The van der Waals surface area contributed by atoms with Crippen LogP contribution in [0.25, 0.3) is 16.4 Å². The van der Waals surface area contributed by atoms with Gasteiger partial charge in [-0.05, 0) is 36.4 Å². The molecule has 4 rings (SSSR count). The molecule has 2 aromatic carbocycles. The number of rotatable bonds is 5. The van der Waals surface area contributed by atoms with E-state index in [1.54, 1.807) is 17.1 Å². The molecule has 0 amide bonds. The summed E-state index contributed by atoms with van der Waals surface area (Å²) < 4.78 is 6.57. The molecule has 0 bridgehead atoms. The molecule has 2 aromatic heterocycles. The van der Waals surface area contributed by atoms with Gasteiger partial charge >= 0.3 is 5.97 Å². The number of hydrogen-bond donors (Lipinski definition) is 0. The van der Waals surface area contributed by atoms with Gasteiger partial charge in [-0.3, -0.25) is 0 Å². The number of carbonyl (C=O) groups is 1. The normalized spacial score (nSPS) is 10.8. The highest BCUT2D eigenvalue weighted by atomic mass is 35.5. The third kappa shape index (κ3) is 3.96. The Hall–Kier alpha value is -2.61. The third-order valence-electron chi connectivity index (χ3n) is 3.84. The first kappa shape index (κ1) is 18.7.